The van der Waals surface area contributed by atoms with Crippen molar-refractivity contribution in [1.82, 2.24) is 10.6 Å². The molecule has 0 aliphatic heterocycles. The van der Waals surface area contributed by atoms with Gasteiger partial charge in [-0.1, -0.05) is 19.9 Å². The Balaban J connectivity index is 2.61. The third-order valence-corrected chi connectivity index (χ3v) is 3.09. The Labute approximate surface area is 123 Å². The SMILES string of the molecule is CC(C)CC(CO)NC(=O)NC(C)c1ccc(F)cc1F. The third kappa shape index (κ3) is 5.67. The van der Waals surface area contributed by atoms with Crippen LogP contribution in [0.15, 0.2) is 18.2 Å². The summed E-state index contributed by atoms with van der Waals surface area (Å²) in [6.07, 6.45) is 0.642. The van der Waals surface area contributed by atoms with E-state index in [9.17, 15) is 18.7 Å². The van der Waals surface area contributed by atoms with E-state index in [0.29, 0.717) is 12.3 Å². The molecule has 2 amide bonds. The van der Waals surface area contributed by atoms with Crippen LogP contribution in [0, 0.1) is 17.6 Å². The van der Waals surface area contributed by atoms with Crippen molar-refractivity contribution in [3.8, 4) is 0 Å². The molecule has 0 spiro atoms. The molecule has 0 fully saturated rings. The topological polar surface area (TPSA) is 61.4 Å². The van der Waals surface area contributed by atoms with Gasteiger partial charge in [0.05, 0.1) is 18.7 Å². The summed E-state index contributed by atoms with van der Waals surface area (Å²) in [5, 5.41) is 14.4. The maximum absolute atomic E-state index is 13.6. The fraction of sp³-hybridized carbons (Fsp3) is 0.533. The van der Waals surface area contributed by atoms with Crippen molar-refractivity contribution in [2.45, 2.75) is 39.3 Å². The van der Waals surface area contributed by atoms with Crippen molar-refractivity contribution in [2.24, 2.45) is 5.92 Å². The van der Waals surface area contributed by atoms with Crippen LogP contribution < -0.4 is 10.6 Å². The van der Waals surface area contributed by atoms with Crippen LogP contribution in [0.25, 0.3) is 0 Å². The van der Waals surface area contributed by atoms with Gasteiger partial charge < -0.3 is 15.7 Å². The van der Waals surface area contributed by atoms with E-state index in [0.717, 1.165) is 12.1 Å². The van der Waals surface area contributed by atoms with Crippen molar-refractivity contribution in [1.29, 1.82) is 0 Å². The summed E-state index contributed by atoms with van der Waals surface area (Å²) in [5.74, 6) is -1.04. The molecule has 6 heteroatoms. The number of aliphatic hydroxyl groups is 1. The molecule has 0 bridgehead atoms. The Kier molecular flexibility index (Phi) is 6.55. The monoisotopic (exact) mass is 300 g/mol. The van der Waals surface area contributed by atoms with Crippen molar-refractivity contribution in [3.63, 3.8) is 0 Å². The van der Waals surface area contributed by atoms with Crippen molar-refractivity contribution in [2.75, 3.05) is 6.61 Å². The van der Waals surface area contributed by atoms with Crippen LogP contribution in [0.5, 0.6) is 0 Å². The van der Waals surface area contributed by atoms with Crippen molar-refractivity contribution < 1.29 is 18.7 Å². The molecule has 0 aliphatic carbocycles. The summed E-state index contributed by atoms with van der Waals surface area (Å²) in [4.78, 5) is 11.8. The maximum Gasteiger partial charge on any atom is 0.315 e. The predicted molar refractivity (Wildman–Crippen MR) is 76.8 cm³/mol. The number of hydrogen-bond donors (Lipinski definition) is 3. The quantitative estimate of drug-likeness (QED) is 0.756. The highest BCUT2D eigenvalue weighted by Crippen LogP contribution is 2.17. The van der Waals surface area contributed by atoms with E-state index in [1.165, 1.54) is 6.07 Å². The second-order valence-electron chi connectivity index (χ2n) is 5.51. The first-order valence-corrected chi connectivity index (χ1v) is 6.96. The van der Waals surface area contributed by atoms with E-state index in [1.807, 2.05) is 13.8 Å². The van der Waals surface area contributed by atoms with Gasteiger partial charge in [-0.2, -0.15) is 0 Å². The van der Waals surface area contributed by atoms with Gasteiger partial charge in [0.15, 0.2) is 0 Å². The number of carbonyl (C=O) groups is 1. The molecule has 4 nitrogen and oxygen atoms in total. The maximum atomic E-state index is 13.6. The molecule has 0 aliphatic rings. The van der Waals surface area contributed by atoms with Gasteiger partial charge in [-0.3, -0.25) is 0 Å². The highest BCUT2D eigenvalue weighted by atomic mass is 19.1. The summed E-state index contributed by atoms with van der Waals surface area (Å²) in [7, 11) is 0. The lowest BCUT2D eigenvalue weighted by atomic mass is 10.0. The highest BCUT2D eigenvalue weighted by Gasteiger charge is 2.17. The lowest BCUT2D eigenvalue weighted by molar-refractivity contribution is 0.205. The van der Waals surface area contributed by atoms with Crippen molar-refractivity contribution >= 4 is 6.03 Å². The Hall–Kier alpha value is -1.69. The molecule has 0 saturated carbocycles. The lowest BCUT2D eigenvalue weighted by Gasteiger charge is -2.21. The van der Waals surface area contributed by atoms with Gasteiger partial charge in [-0.05, 0) is 25.3 Å². The average molecular weight is 300 g/mol. The molecule has 0 saturated heterocycles. The van der Waals surface area contributed by atoms with E-state index in [-0.39, 0.29) is 18.2 Å². The summed E-state index contributed by atoms with van der Waals surface area (Å²) in [6, 6.07) is 1.77. The summed E-state index contributed by atoms with van der Waals surface area (Å²) >= 11 is 0. The van der Waals surface area contributed by atoms with E-state index >= 15 is 0 Å². The molecular formula is C15H22F2N2O2. The van der Waals surface area contributed by atoms with Crippen LogP contribution in [-0.4, -0.2) is 23.8 Å². The number of carbonyl (C=O) groups excluding carboxylic acids is 1. The molecule has 0 radical (unpaired) electrons. The zero-order chi connectivity index (χ0) is 16.0. The fourth-order valence-electron chi connectivity index (χ4n) is 2.10. The van der Waals surface area contributed by atoms with Gasteiger partial charge in [-0.15, -0.1) is 0 Å². The first kappa shape index (κ1) is 17.4. The lowest BCUT2D eigenvalue weighted by Crippen LogP contribution is -2.45. The number of rotatable bonds is 6. The molecule has 2 unspecified atom stereocenters. The van der Waals surface area contributed by atoms with E-state index in [4.69, 9.17) is 0 Å². The summed E-state index contributed by atoms with van der Waals surface area (Å²) in [6.45, 7) is 5.41. The highest BCUT2D eigenvalue weighted by molar-refractivity contribution is 5.74. The standard InChI is InChI=1S/C15H22F2N2O2/c1-9(2)6-12(8-20)19-15(21)18-10(3)13-5-4-11(16)7-14(13)17/h4-5,7,9-10,12,20H,6,8H2,1-3H3,(H2,18,19,21). The van der Waals surface area contributed by atoms with Gasteiger partial charge in [0, 0.05) is 11.6 Å². The summed E-state index contributed by atoms with van der Waals surface area (Å²) < 4.78 is 26.4. The molecule has 118 valence electrons. The zero-order valence-corrected chi connectivity index (χ0v) is 12.5. The first-order chi connectivity index (χ1) is 9.83. The molecule has 2 atom stereocenters. The number of aliphatic hydroxyl groups excluding tert-OH is 1. The molecule has 0 heterocycles. The number of benzene rings is 1. The van der Waals surface area contributed by atoms with Gasteiger partial charge in [0.1, 0.15) is 11.6 Å². The second-order valence-corrected chi connectivity index (χ2v) is 5.51. The van der Waals surface area contributed by atoms with E-state index in [2.05, 4.69) is 10.6 Å². The van der Waals surface area contributed by atoms with Gasteiger partial charge in [-0.25, -0.2) is 13.6 Å². The molecular weight excluding hydrogens is 278 g/mol. The summed E-state index contributed by atoms with van der Waals surface area (Å²) in [5.41, 5.74) is 0.205. The smallest absolute Gasteiger partial charge is 0.315 e. The van der Waals surface area contributed by atoms with Crippen LogP contribution in [0.2, 0.25) is 0 Å². The molecule has 1 aromatic rings. The Bertz CT molecular complexity index is 481. The second kappa shape index (κ2) is 7.93. The number of nitrogens with one attached hydrogen (secondary N) is 2. The number of amides is 2. The molecule has 0 aromatic heterocycles. The normalized spacial score (nSPS) is 13.9. The van der Waals surface area contributed by atoms with Crippen LogP contribution in [0.3, 0.4) is 0 Å². The molecule has 3 N–H and O–H groups in total. The first-order valence-electron chi connectivity index (χ1n) is 6.96. The molecule has 21 heavy (non-hydrogen) atoms. The Morgan fingerprint density at radius 2 is 1.90 bits per heavy atom. The Morgan fingerprint density at radius 1 is 1.24 bits per heavy atom. The van der Waals surface area contributed by atoms with Crippen LogP contribution in [0.4, 0.5) is 13.6 Å². The number of urea groups is 1. The van der Waals surface area contributed by atoms with Crippen LogP contribution in [-0.2, 0) is 0 Å². The van der Waals surface area contributed by atoms with E-state index in [1.54, 1.807) is 6.92 Å². The van der Waals surface area contributed by atoms with E-state index < -0.39 is 23.7 Å². The molecule has 1 aromatic carbocycles. The predicted octanol–water partition coefficient (Wildman–Crippen LogP) is 2.73. The average Bonchev–Trinajstić information content (AvgIpc) is 2.36. The zero-order valence-electron chi connectivity index (χ0n) is 12.5. The number of halogens is 2. The van der Waals surface area contributed by atoms with Crippen molar-refractivity contribution in [3.05, 3.63) is 35.4 Å². The molecule has 1 rings (SSSR count). The number of hydrogen-bond acceptors (Lipinski definition) is 2. The Morgan fingerprint density at radius 3 is 2.43 bits per heavy atom. The minimum absolute atomic E-state index is 0.162. The van der Waals surface area contributed by atoms with Gasteiger partial charge in [0.25, 0.3) is 0 Å². The van der Waals surface area contributed by atoms with Gasteiger partial charge in [0.2, 0.25) is 0 Å². The van der Waals surface area contributed by atoms with Crippen LogP contribution >= 0.6 is 0 Å². The van der Waals surface area contributed by atoms with Crippen LogP contribution in [0.1, 0.15) is 38.8 Å². The van der Waals surface area contributed by atoms with Gasteiger partial charge >= 0.3 is 6.03 Å². The largest absolute Gasteiger partial charge is 0.394 e. The minimum Gasteiger partial charge on any atom is -0.394 e. The fourth-order valence-corrected chi connectivity index (χ4v) is 2.10. The third-order valence-electron chi connectivity index (χ3n) is 3.09. The minimum atomic E-state index is -0.705.